The number of carbonyl (C=O) groups is 1. The van der Waals surface area contributed by atoms with Crippen molar-refractivity contribution in [2.45, 2.75) is 39.0 Å². The van der Waals surface area contributed by atoms with E-state index in [2.05, 4.69) is 0 Å². The van der Waals surface area contributed by atoms with Gasteiger partial charge < -0.3 is 14.1 Å². The van der Waals surface area contributed by atoms with Crippen LogP contribution in [0, 0.1) is 6.92 Å². The van der Waals surface area contributed by atoms with Crippen molar-refractivity contribution in [3.05, 3.63) is 51.9 Å². The molecule has 0 aliphatic carbocycles. The lowest BCUT2D eigenvalue weighted by atomic mass is 10.2. The lowest BCUT2D eigenvalue weighted by Crippen LogP contribution is -2.46. The number of hydrogen-bond donors (Lipinski definition) is 0. The number of rotatable bonds is 6. The van der Waals surface area contributed by atoms with Crippen molar-refractivity contribution in [3.63, 3.8) is 0 Å². The van der Waals surface area contributed by atoms with Gasteiger partial charge in [0.05, 0.1) is 23.1 Å². The number of nitrogens with zero attached hydrogens (tertiary/aromatic N) is 1. The summed E-state index contributed by atoms with van der Waals surface area (Å²) in [7, 11) is -3.16. The quantitative estimate of drug-likeness (QED) is 0.673. The Morgan fingerprint density at radius 3 is 2.64 bits per heavy atom. The summed E-state index contributed by atoms with van der Waals surface area (Å²) < 4.78 is 35.2. The van der Waals surface area contributed by atoms with Crippen molar-refractivity contribution >= 4 is 38.9 Å². The maximum absolute atomic E-state index is 13.1. The standard InChI is InChI=1S/C19H21Cl2NO5S/c1-12-3-5-16(26-12)10-22(15-7-8-28(24,25)11-15)19(23)13(2)27-18-6-4-14(20)9-17(18)21/h3-6,9,13,15H,7-8,10-11H2,1-2H3/t13-,15-/m0/s1. The van der Waals surface area contributed by atoms with Gasteiger partial charge in [0.2, 0.25) is 0 Å². The lowest BCUT2D eigenvalue weighted by molar-refractivity contribution is -0.140. The molecule has 0 bridgehead atoms. The predicted molar refractivity (Wildman–Crippen MR) is 108 cm³/mol. The van der Waals surface area contributed by atoms with E-state index in [1.54, 1.807) is 31.2 Å². The zero-order valence-electron chi connectivity index (χ0n) is 15.5. The summed E-state index contributed by atoms with van der Waals surface area (Å²) in [5, 5.41) is 0.756. The second-order valence-electron chi connectivity index (χ2n) is 6.87. The van der Waals surface area contributed by atoms with Crippen LogP contribution in [0.2, 0.25) is 10.0 Å². The van der Waals surface area contributed by atoms with E-state index in [1.807, 2.05) is 6.92 Å². The van der Waals surface area contributed by atoms with E-state index >= 15 is 0 Å². The summed E-state index contributed by atoms with van der Waals surface area (Å²) in [5.74, 6) is 1.32. The van der Waals surface area contributed by atoms with Gasteiger partial charge in [-0.1, -0.05) is 23.2 Å². The molecule has 28 heavy (non-hydrogen) atoms. The van der Waals surface area contributed by atoms with Crippen LogP contribution < -0.4 is 4.74 Å². The average Bonchev–Trinajstić information content (AvgIpc) is 3.19. The molecule has 2 heterocycles. The number of furan rings is 1. The van der Waals surface area contributed by atoms with Gasteiger partial charge in [-0.05, 0) is 50.6 Å². The van der Waals surface area contributed by atoms with Crippen molar-refractivity contribution in [1.29, 1.82) is 0 Å². The Labute approximate surface area is 174 Å². The molecule has 3 rings (SSSR count). The highest BCUT2D eigenvalue weighted by atomic mass is 35.5. The summed E-state index contributed by atoms with van der Waals surface area (Å²) in [5.41, 5.74) is 0. The number of sulfone groups is 1. The van der Waals surface area contributed by atoms with Crippen molar-refractivity contribution < 1.29 is 22.4 Å². The zero-order chi connectivity index (χ0) is 20.5. The van der Waals surface area contributed by atoms with E-state index in [-0.39, 0.29) is 24.0 Å². The number of benzene rings is 1. The zero-order valence-corrected chi connectivity index (χ0v) is 17.9. The van der Waals surface area contributed by atoms with Crippen molar-refractivity contribution in [2.75, 3.05) is 11.5 Å². The first-order chi connectivity index (χ1) is 13.1. The Hall–Kier alpha value is -1.70. The lowest BCUT2D eigenvalue weighted by Gasteiger charge is -2.30. The van der Waals surface area contributed by atoms with Gasteiger partial charge >= 0.3 is 0 Å². The maximum Gasteiger partial charge on any atom is 0.264 e. The number of amides is 1. The summed E-state index contributed by atoms with van der Waals surface area (Å²) in [6.45, 7) is 3.59. The van der Waals surface area contributed by atoms with Crippen molar-refractivity contribution in [1.82, 2.24) is 4.90 Å². The van der Waals surface area contributed by atoms with Gasteiger partial charge in [0, 0.05) is 11.1 Å². The van der Waals surface area contributed by atoms with Crippen LogP contribution in [-0.4, -0.2) is 42.9 Å². The number of aryl methyl sites for hydroxylation is 1. The highest BCUT2D eigenvalue weighted by Gasteiger charge is 2.37. The second-order valence-corrected chi connectivity index (χ2v) is 9.94. The van der Waals surface area contributed by atoms with E-state index in [4.69, 9.17) is 32.4 Å². The molecule has 9 heteroatoms. The van der Waals surface area contributed by atoms with Crippen LogP contribution in [-0.2, 0) is 21.2 Å². The molecule has 0 unspecified atom stereocenters. The molecule has 1 aromatic carbocycles. The molecule has 1 fully saturated rings. The molecule has 1 aliphatic heterocycles. The Morgan fingerprint density at radius 2 is 2.07 bits per heavy atom. The van der Waals surface area contributed by atoms with E-state index in [1.165, 1.54) is 11.0 Å². The highest BCUT2D eigenvalue weighted by Crippen LogP contribution is 2.29. The molecule has 1 saturated heterocycles. The molecule has 2 aromatic rings. The summed E-state index contributed by atoms with van der Waals surface area (Å²) in [6, 6.07) is 7.90. The van der Waals surface area contributed by atoms with Gasteiger partial charge in [0.15, 0.2) is 15.9 Å². The highest BCUT2D eigenvalue weighted by molar-refractivity contribution is 7.91. The van der Waals surface area contributed by atoms with Gasteiger partial charge in [0.1, 0.15) is 17.3 Å². The van der Waals surface area contributed by atoms with Crippen molar-refractivity contribution in [2.24, 2.45) is 0 Å². The van der Waals surface area contributed by atoms with Crippen LogP contribution in [0.15, 0.2) is 34.7 Å². The third-order valence-corrected chi connectivity index (χ3v) is 6.88. The largest absolute Gasteiger partial charge is 0.479 e. The summed E-state index contributed by atoms with van der Waals surface area (Å²) in [4.78, 5) is 14.7. The maximum atomic E-state index is 13.1. The first kappa shape index (κ1) is 21.0. The van der Waals surface area contributed by atoms with E-state index in [0.717, 1.165) is 5.76 Å². The predicted octanol–water partition coefficient (Wildman–Crippen LogP) is 3.88. The molecule has 1 aromatic heterocycles. The van der Waals surface area contributed by atoms with E-state index < -0.39 is 22.0 Å². The van der Waals surface area contributed by atoms with Gasteiger partial charge in [-0.25, -0.2) is 8.42 Å². The number of halogens is 2. The smallest absolute Gasteiger partial charge is 0.264 e. The third-order valence-electron chi connectivity index (χ3n) is 4.60. The number of hydrogen-bond acceptors (Lipinski definition) is 5. The third kappa shape index (κ3) is 5.01. The molecule has 1 aliphatic rings. The molecule has 0 N–H and O–H groups in total. The fourth-order valence-corrected chi connectivity index (χ4v) is 5.38. The minimum absolute atomic E-state index is 0.0626. The molecule has 1 amide bonds. The minimum Gasteiger partial charge on any atom is -0.479 e. The molecular weight excluding hydrogens is 425 g/mol. The van der Waals surface area contributed by atoms with Crippen LogP contribution in [0.25, 0.3) is 0 Å². The second kappa shape index (κ2) is 8.35. The Balaban J connectivity index is 1.80. The number of ether oxygens (including phenoxy) is 1. The minimum atomic E-state index is -3.16. The molecule has 2 atom stereocenters. The fraction of sp³-hybridized carbons (Fsp3) is 0.421. The normalized spacial score (nSPS) is 19.4. The molecule has 152 valence electrons. The molecular formula is C19H21Cl2NO5S. The number of carbonyl (C=O) groups excluding carboxylic acids is 1. The molecule has 0 saturated carbocycles. The van der Waals surface area contributed by atoms with Crippen LogP contribution in [0.1, 0.15) is 24.9 Å². The van der Waals surface area contributed by atoms with Crippen molar-refractivity contribution in [3.8, 4) is 5.75 Å². The summed E-state index contributed by atoms with van der Waals surface area (Å²) >= 11 is 12.0. The van der Waals surface area contributed by atoms with Crippen LogP contribution in [0.3, 0.4) is 0 Å². The van der Waals surface area contributed by atoms with E-state index in [9.17, 15) is 13.2 Å². The van der Waals surface area contributed by atoms with Gasteiger partial charge in [-0.3, -0.25) is 4.79 Å². The molecule has 6 nitrogen and oxygen atoms in total. The Bertz CT molecular complexity index is 972. The topological polar surface area (TPSA) is 76.8 Å². The Kier molecular flexibility index (Phi) is 6.27. The first-order valence-corrected chi connectivity index (χ1v) is 11.4. The SMILES string of the molecule is Cc1ccc(CN(C(=O)[C@H](C)Oc2ccc(Cl)cc2Cl)[C@H]2CCS(=O)(=O)C2)o1. The van der Waals surface area contributed by atoms with Gasteiger partial charge in [-0.2, -0.15) is 0 Å². The summed E-state index contributed by atoms with van der Waals surface area (Å²) in [6.07, 6.45) is -0.472. The monoisotopic (exact) mass is 445 g/mol. The molecule has 0 spiro atoms. The van der Waals surface area contributed by atoms with E-state index in [0.29, 0.717) is 28.0 Å². The van der Waals surface area contributed by atoms with Gasteiger partial charge in [-0.15, -0.1) is 0 Å². The van der Waals surface area contributed by atoms with Crippen LogP contribution in [0.5, 0.6) is 5.75 Å². The Morgan fingerprint density at radius 1 is 1.32 bits per heavy atom. The van der Waals surface area contributed by atoms with Crippen LogP contribution in [0.4, 0.5) is 0 Å². The van der Waals surface area contributed by atoms with Gasteiger partial charge in [0.25, 0.3) is 5.91 Å². The van der Waals surface area contributed by atoms with Crippen LogP contribution >= 0.6 is 23.2 Å². The first-order valence-electron chi connectivity index (χ1n) is 8.82. The molecule has 0 radical (unpaired) electrons. The fourth-order valence-electron chi connectivity index (χ4n) is 3.19. The average molecular weight is 446 g/mol.